The summed E-state index contributed by atoms with van der Waals surface area (Å²) in [7, 11) is 0. The van der Waals surface area contributed by atoms with Crippen molar-refractivity contribution in [2.75, 3.05) is 28.7 Å². The molecule has 1 unspecified atom stereocenters. The number of nitro groups is 1. The van der Waals surface area contributed by atoms with Crippen LogP contribution in [0.2, 0.25) is 0 Å². The summed E-state index contributed by atoms with van der Waals surface area (Å²) in [6, 6.07) is 0.122. The molecule has 0 amide bonds. The fourth-order valence-electron chi connectivity index (χ4n) is 1.74. The molecule has 21 heavy (non-hydrogen) atoms. The Bertz CT molecular complexity index is 458. The largest absolute Gasteiger partial charge is 0.364 e. The molecule has 0 saturated heterocycles. The number of anilines is 2. The van der Waals surface area contributed by atoms with Gasteiger partial charge in [0.25, 0.3) is 0 Å². The minimum absolute atomic E-state index is 0.0825. The van der Waals surface area contributed by atoms with E-state index < -0.39 is 4.92 Å². The molecule has 0 aliphatic rings. The van der Waals surface area contributed by atoms with Gasteiger partial charge in [0.1, 0.15) is 6.33 Å². The highest BCUT2D eigenvalue weighted by Crippen LogP contribution is 2.29. The summed E-state index contributed by atoms with van der Waals surface area (Å²) < 4.78 is 0. The lowest BCUT2D eigenvalue weighted by Crippen LogP contribution is -2.19. The van der Waals surface area contributed by atoms with Gasteiger partial charge in [0.05, 0.1) is 4.92 Å². The van der Waals surface area contributed by atoms with E-state index >= 15 is 0 Å². The third kappa shape index (κ3) is 5.74. The highest BCUT2D eigenvalue weighted by molar-refractivity contribution is 7.99. The zero-order chi connectivity index (χ0) is 15.7. The standard InChI is InChI=1S/C13H23N5O2S/c1-4-7-14-12-11(18(19)20)13(16-9-15-12)17-10(3)6-8-21-5-2/h9-10H,4-8H2,1-3H3,(H2,14,15,16,17). The molecular formula is C13H23N5O2S. The topological polar surface area (TPSA) is 93.0 Å². The fraction of sp³-hybridized carbons (Fsp3) is 0.692. The van der Waals surface area contributed by atoms with Crippen LogP contribution in [-0.2, 0) is 0 Å². The molecule has 7 nitrogen and oxygen atoms in total. The van der Waals surface area contributed by atoms with Crippen molar-refractivity contribution < 1.29 is 4.92 Å². The maximum absolute atomic E-state index is 11.3. The molecule has 1 atom stereocenters. The molecule has 0 fully saturated rings. The number of hydrogen-bond acceptors (Lipinski definition) is 7. The minimum atomic E-state index is -0.437. The molecule has 1 heterocycles. The van der Waals surface area contributed by atoms with Crippen LogP contribution >= 0.6 is 11.8 Å². The summed E-state index contributed by atoms with van der Waals surface area (Å²) in [5.74, 6) is 2.65. The Kier molecular flexibility index (Phi) is 7.81. The lowest BCUT2D eigenvalue weighted by atomic mass is 10.2. The second kappa shape index (κ2) is 9.38. The highest BCUT2D eigenvalue weighted by atomic mass is 32.2. The molecule has 0 bridgehead atoms. The molecule has 0 aromatic carbocycles. The summed E-state index contributed by atoms with van der Waals surface area (Å²) in [4.78, 5) is 18.9. The number of thioether (sulfide) groups is 1. The van der Waals surface area contributed by atoms with E-state index in [4.69, 9.17) is 0 Å². The Hall–Kier alpha value is -1.57. The van der Waals surface area contributed by atoms with Crippen molar-refractivity contribution in [2.24, 2.45) is 0 Å². The molecule has 1 aromatic heterocycles. The number of aromatic nitrogens is 2. The summed E-state index contributed by atoms with van der Waals surface area (Å²) in [6.45, 7) is 6.75. The van der Waals surface area contributed by atoms with Crippen LogP contribution in [0.15, 0.2) is 6.33 Å². The molecule has 0 spiro atoms. The predicted molar refractivity (Wildman–Crippen MR) is 88.2 cm³/mol. The van der Waals surface area contributed by atoms with Crippen molar-refractivity contribution in [3.05, 3.63) is 16.4 Å². The Labute approximate surface area is 129 Å². The van der Waals surface area contributed by atoms with E-state index in [1.165, 1.54) is 6.33 Å². The van der Waals surface area contributed by atoms with Gasteiger partial charge in [0.15, 0.2) is 0 Å². The van der Waals surface area contributed by atoms with Gasteiger partial charge in [-0.25, -0.2) is 9.97 Å². The van der Waals surface area contributed by atoms with Gasteiger partial charge < -0.3 is 10.6 Å². The maximum atomic E-state index is 11.3. The first kappa shape index (κ1) is 17.5. The first-order valence-corrected chi connectivity index (χ1v) is 8.33. The Morgan fingerprint density at radius 2 is 2.10 bits per heavy atom. The summed E-state index contributed by atoms with van der Waals surface area (Å²) >= 11 is 1.85. The van der Waals surface area contributed by atoms with Crippen LogP contribution in [0.3, 0.4) is 0 Å². The van der Waals surface area contributed by atoms with E-state index in [9.17, 15) is 10.1 Å². The maximum Gasteiger partial charge on any atom is 0.353 e. The predicted octanol–water partition coefficient (Wildman–Crippen LogP) is 3.15. The Balaban J connectivity index is 2.82. The monoisotopic (exact) mass is 313 g/mol. The van der Waals surface area contributed by atoms with Gasteiger partial charge in [-0.2, -0.15) is 11.8 Å². The lowest BCUT2D eigenvalue weighted by Gasteiger charge is -2.15. The molecule has 0 aliphatic heterocycles. The van der Waals surface area contributed by atoms with Gasteiger partial charge in [-0.3, -0.25) is 10.1 Å². The molecule has 0 radical (unpaired) electrons. The molecule has 2 N–H and O–H groups in total. The van der Waals surface area contributed by atoms with Gasteiger partial charge in [-0.05, 0) is 31.3 Å². The van der Waals surface area contributed by atoms with E-state index in [0.717, 1.165) is 24.3 Å². The molecule has 8 heteroatoms. The number of nitrogens with one attached hydrogen (secondary N) is 2. The van der Waals surface area contributed by atoms with Crippen molar-refractivity contribution in [2.45, 2.75) is 39.7 Å². The number of nitrogens with zero attached hydrogens (tertiary/aromatic N) is 3. The van der Waals surface area contributed by atoms with Gasteiger partial charge in [-0.1, -0.05) is 13.8 Å². The van der Waals surface area contributed by atoms with Crippen LogP contribution in [0, 0.1) is 10.1 Å². The van der Waals surface area contributed by atoms with Crippen molar-refractivity contribution in [3.8, 4) is 0 Å². The first-order chi connectivity index (χ1) is 10.1. The molecular weight excluding hydrogens is 290 g/mol. The Morgan fingerprint density at radius 1 is 1.38 bits per heavy atom. The van der Waals surface area contributed by atoms with Gasteiger partial charge >= 0.3 is 5.69 Å². The van der Waals surface area contributed by atoms with Gasteiger partial charge in [0, 0.05) is 12.6 Å². The van der Waals surface area contributed by atoms with Crippen molar-refractivity contribution in [1.82, 2.24) is 9.97 Å². The zero-order valence-corrected chi connectivity index (χ0v) is 13.6. The summed E-state index contributed by atoms with van der Waals surface area (Å²) in [5.41, 5.74) is -0.0825. The third-order valence-electron chi connectivity index (χ3n) is 2.83. The van der Waals surface area contributed by atoms with Crippen molar-refractivity contribution >= 4 is 29.1 Å². The SMILES string of the molecule is CCCNc1ncnc(NC(C)CCSCC)c1[N+](=O)[O-]. The van der Waals surface area contributed by atoms with Crippen LogP contribution in [0.5, 0.6) is 0 Å². The number of hydrogen-bond donors (Lipinski definition) is 2. The summed E-state index contributed by atoms with van der Waals surface area (Å²) in [6.07, 6.45) is 3.15. The summed E-state index contributed by atoms with van der Waals surface area (Å²) in [5, 5.41) is 17.4. The van der Waals surface area contributed by atoms with E-state index in [1.54, 1.807) is 0 Å². The average molecular weight is 313 g/mol. The third-order valence-corrected chi connectivity index (χ3v) is 3.76. The minimum Gasteiger partial charge on any atom is -0.364 e. The second-order valence-electron chi connectivity index (χ2n) is 4.63. The quantitative estimate of drug-likeness (QED) is 0.389. The fourth-order valence-corrected chi connectivity index (χ4v) is 2.55. The van der Waals surface area contributed by atoms with E-state index in [1.807, 2.05) is 25.6 Å². The van der Waals surface area contributed by atoms with Crippen LogP contribution in [0.4, 0.5) is 17.3 Å². The van der Waals surface area contributed by atoms with Crippen LogP contribution in [-0.4, -0.2) is 39.0 Å². The second-order valence-corrected chi connectivity index (χ2v) is 6.03. The van der Waals surface area contributed by atoms with E-state index in [2.05, 4.69) is 27.5 Å². The lowest BCUT2D eigenvalue weighted by molar-refractivity contribution is -0.383. The van der Waals surface area contributed by atoms with Crippen molar-refractivity contribution in [1.29, 1.82) is 0 Å². The van der Waals surface area contributed by atoms with Gasteiger partial charge in [-0.15, -0.1) is 0 Å². The molecule has 0 saturated carbocycles. The molecule has 1 rings (SSSR count). The van der Waals surface area contributed by atoms with E-state index in [-0.39, 0.29) is 23.4 Å². The van der Waals surface area contributed by atoms with E-state index in [0.29, 0.717) is 6.54 Å². The van der Waals surface area contributed by atoms with Crippen molar-refractivity contribution in [3.63, 3.8) is 0 Å². The highest BCUT2D eigenvalue weighted by Gasteiger charge is 2.23. The Morgan fingerprint density at radius 3 is 2.71 bits per heavy atom. The molecule has 1 aromatic rings. The van der Waals surface area contributed by atoms with Crippen LogP contribution in [0.25, 0.3) is 0 Å². The van der Waals surface area contributed by atoms with Crippen LogP contribution in [0.1, 0.15) is 33.6 Å². The van der Waals surface area contributed by atoms with Crippen LogP contribution < -0.4 is 10.6 Å². The molecule has 118 valence electrons. The normalized spacial score (nSPS) is 12.0. The van der Waals surface area contributed by atoms with Gasteiger partial charge in [0.2, 0.25) is 11.6 Å². The zero-order valence-electron chi connectivity index (χ0n) is 12.8. The number of rotatable bonds is 10. The average Bonchev–Trinajstić information content (AvgIpc) is 2.45. The molecule has 0 aliphatic carbocycles. The smallest absolute Gasteiger partial charge is 0.353 e. The first-order valence-electron chi connectivity index (χ1n) is 7.17.